The number of aliphatic carboxylic acids is 1. The number of carboxylic acid groups (broad SMARTS) is 1. The molecule has 0 bridgehead atoms. The van der Waals surface area contributed by atoms with Crippen molar-refractivity contribution in [1.82, 2.24) is 4.90 Å². The van der Waals surface area contributed by atoms with E-state index in [1.807, 2.05) is 4.90 Å². The zero-order valence-electron chi connectivity index (χ0n) is 9.56. The van der Waals surface area contributed by atoms with E-state index in [2.05, 4.69) is 6.07 Å². The Hall–Kier alpha value is -1.12. The van der Waals surface area contributed by atoms with Crippen LogP contribution in [-0.2, 0) is 9.53 Å². The molecule has 90 valence electrons. The molecular formula is C11H18N2O3. The first-order chi connectivity index (χ1) is 7.70. The van der Waals surface area contributed by atoms with E-state index in [1.54, 1.807) is 7.11 Å². The third kappa shape index (κ3) is 3.80. The van der Waals surface area contributed by atoms with Crippen molar-refractivity contribution in [1.29, 1.82) is 5.26 Å². The number of rotatable bonds is 8. The molecule has 0 heterocycles. The summed E-state index contributed by atoms with van der Waals surface area (Å²) >= 11 is 0. The second kappa shape index (κ2) is 6.46. The fourth-order valence-corrected chi connectivity index (χ4v) is 1.86. The van der Waals surface area contributed by atoms with E-state index in [1.165, 1.54) is 0 Å². The predicted molar refractivity (Wildman–Crippen MR) is 57.8 cm³/mol. The number of ether oxygens (including phenoxy) is 1. The van der Waals surface area contributed by atoms with Crippen molar-refractivity contribution < 1.29 is 14.6 Å². The van der Waals surface area contributed by atoms with Crippen LogP contribution in [0, 0.1) is 17.2 Å². The van der Waals surface area contributed by atoms with E-state index >= 15 is 0 Å². The number of carbonyl (C=O) groups is 1. The first-order valence-electron chi connectivity index (χ1n) is 5.53. The van der Waals surface area contributed by atoms with Crippen LogP contribution in [0.2, 0.25) is 0 Å². The lowest BCUT2D eigenvalue weighted by Gasteiger charge is -2.27. The smallest absolute Gasteiger partial charge is 0.321 e. The fourth-order valence-electron chi connectivity index (χ4n) is 1.86. The summed E-state index contributed by atoms with van der Waals surface area (Å²) in [5.41, 5.74) is 0. The van der Waals surface area contributed by atoms with Crippen molar-refractivity contribution in [3.05, 3.63) is 0 Å². The van der Waals surface area contributed by atoms with Gasteiger partial charge in [0.25, 0.3) is 0 Å². The minimum atomic E-state index is -0.781. The molecule has 5 nitrogen and oxygen atoms in total. The van der Waals surface area contributed by atoms with Gasteiger partial charge in [-0.2, -0.15) is 5.26 Å². The van der Waals surface area contributed by atoms with Gasteiger partial charge in [-0.25, -0.2) is 0 Å². The lowest BCUT2D eigenvalue weighted by Crippen LogP contribution is -2.44. The molecule has 0 spiro atoms. The van der Waals surface area contributed by atoms with E-state index in [0.717, 1.165) is 12.8 Å². The van der Waals surface area contributed by atoms with Gasteiger partial charge >= 0.3 is 5.97 Å². The zero-order chi connectivity index (χ0) is 12.0. The average molecular weight is 226 g/mol. The van der Waals surface area contributed by atoms with Gasteiger partial charge in [0, 0.05) is 26.6 Å². The monoisotopic (exact) mass is 226 g/mol. The molecule has 16 heavy (non-hydrogen) atoms. The van der Waals surface area contributed by atoms with Gasteiger partial charge in [-0.15, -0.1) is 0 Å². The molecular weight excluding hydrogens is 208 g/mol. The summed E-state index contributed by atoms with van der Waals surface area (Å²) in [6.07, 6.45) is 2.32. The summed E-state index contributed by atoms with van der Waals surface area (Å²) in [7, 11) is 1.59. The highest BCUT2D eigenvalue weighted by atomic mass is 16.5. The molecule has 0 aliphatic heterocycles. The zero-order valence-corrected chi connectivity index (χ0v) is 9.56. The van der Waals surface area contributed by atoms with Crippen LogP contribution in [0.4, 0.5) is 0 Å². The Kier molecular flexibility index (Phi) is 5.23. The highest BCUT2D eigenvalue weighted by molar-refractivity contribution is 5.74. The van der Waals surface area contributed by atoms with Crippen LogP contribution in [0.25, 0.3) is 0 Å². The molecule has 1 atom stereocenters. The van der Waals surface area contributed by atoms with Crippen molar-refractivity contribution in [3.63, 3.8) is 0 Å². The van der Waals surface area contributed by atoms with Crippen LogP contribution in [0.15, 0.2) is 0 Å². The molecule has 1 fully saturated rings. The van der Waals surface area contributed by atoms with Gasteiger partial charge in [-0.05, 0) is 18.8 Å². The summed E-state index contributed by atoms with van der Waals surface area (Å²) < 4.78 is 4.96. The summed E-state index contributed by atoms with van der Waals surface area (Å²) in [5.74, 6) is -0.524. The van der Waals surface area contributed by atoms with Gasteiger partial charge in [-0.1, -0.05) is 0 Å². The van der Waals surface area contributed by atoms with Gasteiger partial charge < -0.3 is 9.84 Å². The normalized spacial score (nSPS) is 17.1. The molecule has 1 aliphatic carbocycles. The Morgan fingerprint density at radius 1 is 1.62 bits per heavy atom. The second-order valence-corrected chi connectivity index (χ2v) is 4.06. The highest BCUT2D eigenvalue weighted by Crippen LogP contribution is 2.35. The molecule has 0 saturated heterocycles. The lowest BCUT2D eigenvalue weighted by molar-refractivity contribution is -0.144. The SMILES string of the molecule is COCCN(CCC#N)C(C(=O)O)C1CC1. The van der Waals surface area contributed by atoms with E-state index in [4.69, 9.17) is 10.00 Å². The molecule has 1 N–H and O–H groups in total. The molecule has 1 saturated carbocycles. The third-order valence-corrected chi connectivity index (χ3v) is 2.81. The molecule has 0 aromatic heterocycles. The Morgan fingerprint density at radius 2 is 2.31 bits per heavy atom. The molecule has 0 radical (unpaired) electrons. The molecule has 5 heteroatoms. The summed E-state index contributed by atoms with van der Waals surface area (Å²) in [4.78, 5) is 13.0. The predicted octanol–water partition coefficient (Wildman–Crippen LogP) is 0.712. The van der Waals surface area contributed by atoms with Gasteiger partial charge in [-0.3, -0.25) is 9.69 Å². The van der Waals surface area contributed by atoms with E-state index in [-0.39, 0.29) is 5.92 Å². The minimum absolute atomic E-state index is 0.257. The maximum absolute atomic E-state index is 11.2. The number of carboxylic acids is 1. The number of methoxy groups -OCH3 is 1. The van der Waals surface area contributed by atoms with Gasteiger partial charge in [0.05, 0.1) is 12.7 Å². The fraction of sp³-hybridized carbons (Fsp3) is 0.818. The van der Waals surface area contributed by atoms with Gasteiger partial charge in [0.2, 0.25) is 0 Å². The Morgan fingerprint density at radius 3 is 2.75 bits per heavy atom. The van der Waals surface area contributed by atoms with Crippen molar-refractivity contribution >= 4 is 5.97 Å². The third-order valence-electron chi connectivity index (χ3n) is 2.81. The Balaban J connectivity index is 2.55. The second-order valence-electron chi connectivity index (χ2n) is 4.06. The summed E-state index contributed by atoms with van der Waals surface area (Å²) in [5, 5.41) is 17.7. The average Bonchev–Trinajstić information content (AvgIpc) is 3.05. The minimum Gasteiger partial charge on any atom is -0.480 e. The Labute approximate surface area is 95.6 Å². The highest BCUT2D eigenvalue weighted by Gasteiger charge is 2.39. The molecule has 0 aromatic rings. The van der Waals surface area contributed by atoms with Crippen molar-refractivity contribution in [3.8, 4) is 6.07 Å². The van der Waals surface area contributed by atoms with Crippen molar-refractivity contribution in [2.45, 2.75) is 25.3 Å². The quantitative estimate of drug-likeness (QED) is 0.660. The van der Waals surface area contributed by atoms with E-state index < -0.39 is 12.0 Å². The summed E-state index contributed by atoms with van der Waals surface area (Å²) in [6.45, 7) is 1.58. The van der Waals surface area contributed by atoms with Crippen LogP contribution >= 0.6 is 0 Å². The van der Waals surface area contributed by atoms with Crippen molar-refractivity contribution in [2.24, 2.45) is 5.92 Å². The molecule has 1 rings (SSSR count). The maximum Gasteiger partial charge on any atom is 0.321 e. The molecule has 1 unspecified atom stereocenters. The van der Waals surface area contributed by atoms with Crippen LogP contribution in [0.5, 0.6) is 0 Å². The van der Waals surface area contributed by atoms with E-state index in [0.29, 0.717) is 26.1 Å². The molecule has 0 aromatic carbocycles. The number of hydrogen-bond acceptors (Lipinski definition) is 4. The van der Waals surface area contributed by atoms with Crippen LogP contribution in [0.1, 0.15) is 19.3 Å². The number of hydrogen-bond donors (Lipinski definition) is 1. The standard InChI is InChI=1S/C11H18N2O3/c1-16-8-7-13(6-2-5-12)10(11(14)15)9-3-4-9/h9-10H,2-4,6-8H2,1H3,(H,14,15). The largest absolute Gasteiger partial charge is 0.480 e. The van der Waals surface area contributed by atoms with Crippen molar-refractivity contribution in [2.75, 3.05) is 26.8 Å². The number of nitrogens with zero attached hydrogens (tertiary/aromatic N) is 2. The molecule has 1 aliphatic rings. The lowest BCUT2D eigenvalue weighted by atomic mass is 10.1. The first kappa shape index (κ1) is 12.9. The summed E-state index contributed by atoms with van der Waals surface area (Å²) in [6, 6.07) is 1.61. The Bertz CT molecular complexity index is 271. The van der Waals surface area contributed by atoms with Crippen LogP contribution < -0.4 is 0 Å². The first-order valence-corrected chi connectivity index (χ1v) is 5.53. The number of nitriles is 1. The van der Waals surface area contributed by atoms with E-state index in [9.17, 15) is 9.90 Å². The topological polar surface area (TPSA) is 73.6 Å². The van der Waals surface area contributed by atoms with Crippen LogP contribution in [-0.4, -0.2) is 48.8 Å². The molecule has 0 amide bonds. The van der Waals surface area contributed by atoms with Gasteiger partial charge in [0.1, 0.15) is 6.04 Å². The van der Waals surface area contributed by atoms with Gasteiger partial charge in [0.15, 0.2) is 0 Å². The maximum atomic E-state index is 11.2. The van der Waals surface area contributed by atoms with Crippen LogP contribution in [0.3, 0.4) is 0 Å².